The molecule has 2 unspecified atom stereocenters. The Balaban J connectivity index is 1.18. The molecule has 9 heterocycles. The van der Waals surface area contributed by atoms with Crippen LogP contribution in [0.15, 0.2) is 117 Å². The molecule has 330 valence electrons. The first-order valence-electron chi connectivity index (χ1n) is 23.0. The minimum atomic E-state index is -0.445. The van der Waals surface area contributed by atoms with E-state index >= 15 is 0 Å². The number of benzene rings is 3. The second-order valence-electron chi connectivity index (χ2n) is 19.3. The molecule has 3 aromatic heterocycles. The van der Waals surface area contributed by atoms with Crippen LogP contribution in [0.25, 0.3) is 32.9 Å². The number of hydrogen-bond donors (Lipinski definition) is 0. The lowest BCUT2D eigenvalue weighted by Crippen LogP contribution is -2.55. The molecular formula is C54H60N6O4. The molecule has 0 amide bonds. The van der Waals surface area contributed by atoms with Gasteiger partial charge in [0.15, 0.2) is 0 Å². The van der Waals surface area contributed by atoms with Crippen LogP contribution in [0.4, 0.5) is 0 Å². The summed E-state index contributed by atoms with van der Waals surface area (Å²) in [6, 6.07) is 26.9. The first-order valence-corrected chi connectivity index (χ1v) is 23.0. The summed E-state index contributed by atoms with van der Waals surface area (Å²) in [4.78, 5) is 25.7. The van der Waals surface area contributed by atoms with Gasteiger partial charge in [-0.3, -0.25) is 19.8 Å². The Labute approximate surface area is 377 Å². The standard InChI is InChI=1S/C54H60N6O4/c1-8-33-31-59-25-21-36(33)27-46(59)49(40-19-23-55-44-17-15-38(61-6)29-42(40)44)63-51-48(35-13-11-10-12-14-35)52(58-53(57-51)54(3,4)5)64-50(47-28-37-22-26-60(47)32-34(37)9-2)41-20-24-56-45-18-16-39(62-7)30-43(41)45/h8-20,23-24,29-30,33-34,36-37,46-47,49-50H,1-2,21-22,25-28,31-32H2,3-7H3/t33-,34-,36-,37-,46-,47-,49+,50+/m0/s1. The Morgan fingerprint density at radius 2 is 1.14 bits per heavy atom. The van der Waals surface area contributed by atoms with Gasteiger partial charge in [0.25, 0.3) is 0 Å². The van der Waals surface area contributed by atoms with Crippen molar-refractivity contribution >= 4 is 21.8 Å². The number of fused-ring (bicyclic) bond motifs is 8. The number of pyridine rings is 2. The maximum absolute atomic E-state index is 7.70. The molecule has 3 aromatic carbocycles. The maximum Gasteiger partial charge on any atom is 0.229 e. The predicted octanol–water partition coefficient (Wildman–Crippen LogP) is 10.6. The van der Waals surface area contributed by atoms with Crippen molar-refractivity contribution in [1.82, 2.24) is 29.7 Å². The zero-order chi connectivity index (χ0) is 44.1. The molecular weight excluding hydrogens is 797 g/mol. The quantitative estimate of drug-likeness (QED) is 0.105. The summed E-state index contributed by atoms with van der Waals surface area (Å²) in [7, 11) is 3.42. The van der Waals surface area contributed by atoms with Crippen LogP contribution >= 0.6 is 0 Å². The second-order valence-corrected chi connectivity index (χ2v) is 19.3. The molecule has 0 spiro atoms. The fourth-order valence-electron chi connectivity index (χ4n) is 11.1. The Morgan fingerprint density at radius 1 is 0.656 bits per heavy atom. The zero-order valence-electron chi connectivity index (χ0n) is 37.8. The average molecular weight is 857 g/mol. The van der Waals surface area contributed by atoms with Crippen LogP contribution in [0.5, 0.6) is 23.3 Å². The summed E-state index contributed by atoms with van der Waals surface area (Å²) in [5.41, 5.74) is 5.07. The SMILES string of the molecule is C=C[C@H]1CN2CC[C@H]1C[C@H]2[C@H](Oc1nc(C(C)(C)C)nc(O[C@H](c2ccnc3ccc(OC)cc23)[C@@H]2C[C@@H]3CCN2C[C@@H]3C=C)c1-c1ccccc1)c1ccnc2ccc(OC)cc12. The van der Waals surface area contributed by atoms with E-state index < -0.39 is 17.6 Å². The van der Waals surface area contributed by atoms with E-state index in [1.165, 1.54) is 0 Å². The first kappa shape index (κ1) is 42.1. The first-order chi connectivity index (χ1) is 31.1. The third-order valence-electron chi connectivity index (χ3n) is 14.6. The van der Waals surface area contributed by atoms with E-state index in [0.717, 1.165) is 107 Å². The molecule has 10 atom stereocenters. The van der Waals surface area contributed by atoms with Crippen molar-refractivity contribution in [2.75, 3.05) is 40.4 Å². The van der Waals surface area contributed by atoms with Crippen molar-refractivity contribution in [2.24, 2.45) is 23.7 Å². The van der Waals surface area contributed by atoms with E-state index in [9.17, 15) is 0 Å². The molecule has 0 N–H and O–H groups in total. The summed E-state index contributed by atoms with van der Waals surface area (Å²) in [5, 5.41) is 1.99. The van der Waals surface area contributed by atoms with E-state index in [1.807, 2.05) is 42.7 Å². The Bertz CT molecular complexity index is 2530. The largest absolute Gasteiger partial charge is 0.497 e. The van der Waals surface area contributed by atoms with Gasteiger partial charge < -0.3 is 18.9 Å². The van der Waals surface area contributed by atoms with Gasteiger partial charge in [0, 0.05) is 52.8 Å². The normalized spacial score (nSPS) is 26.0. The van der Waals surface area contributed by atoms with E-state index in [2.05, 4.69) is 104 Å². The topological polar surface area (TPSA) is 95.0 Å². The molecule has 10 heteroatoms. The highest BCUT2D eigenvalue weighted by Crippen LogP contribution is 2.49. The number of nitrogens with zero attached hydrogens (tertiary/aromatic N) is 6. The summed E-state index contributed by atoms with van der Waals surface area (Å²) in [5.74, 6) is 5.11. The molecule has 0 radical (unpaired) electrons. The van der Waals surface area contributed by atoms with E-state index in [1.54, 1.807) is 14.2 Å². The predicted molar refractivity (Wildman–Crippen MR) is 253 cm³/mol. The van der Waals surface area contributed by atoms with Crippen molar-refractivity contribution in [1.29, 1.82) is 0 Å². The molecule has 4 bridgehead atoms. The molecule has 0 saturated carbocycles. The molecule has 6 saturated heterocycles. The Hall–Kier alpha value is -5.84. The van der Waals surface area contributed by atoms with Crippen molar-refractivity contribution in [2.45, 2.75) is 76.2 Å². The lowest BCUT2D eigenvalue weighted by Gasteiger charge is -2.51. The van der Waals surface area contributed by atoms with Gasteiger partial charge in [-0.2, -0.15) is 9.97 Å². The summed E-state index contributed by atoms with van der Waals surface area (Å²) in [6.45, 7) is 18.8. The van der Waals surface area contributed by atoms with Crippen molar-refractivity contribution in [3.63, 3.8) is 0 Å². The minimum Gasteiger partial charge on any atom is -0.497 e. The van der Waals surface area contributed by atoms with Gasteiger partial charge in [-0.25, -0.2) is 0 Å². The smallest absolute Gasteiger partial charge is 0.229 e. The molecule has 64 heavy (non-hydrogen) atoms. The van der Waals surface area contributed by atoms with Crippen molar-refractivity contribution in [3.8, 4) is 34.4 Å². The number of piperidine rings is 6. The van der Waals surface area contributed by atoms with Crippen molar-refractivity contribution in [3.05, 3.63) is 134 Å². The molecule has 6 aliphatic rings. The second kappa shape index (κ2) is 17.3. The maximum atomic E-state index is 7.70. The van der Waals surface area contributed by atoms with Crippen molar-refractivity contribution < 1.29 is 18.9 Å². The highest BCUT2D eigenvalue weighted by atomic mass is 16.5. The molecule has 6 aromatic rings. The van der Waals surface area contributed by atoms with E-state index in [4.69, 9.17) is 38.9 Å². The van der Waals surface area contributed by atoms with Gasteiger partial charge in [0.2, 0.25) is 11.8 Å². The van der Waals surface area contributed by atoms with Gasteiger partial charge in [0.1, 0.15) is 35.1 Å². The number of rotatable bonds is 13. The summed E-state index contributed by atoms with van der Waals surface area (Å²) in [6.07, 6.45) is 11.5. The van der Waals surface area contributed by atoms with Gasteiger partial charge in [-0.15, -0.1) is 13.2 Å². The molecule has 6 aliphatic heterocycles. The molecule has 6 fully saturated rings. The summed E-state index contributed by atoms with van der Waals surface area (Å²) >= 11 is 0. The van der Waals surface area contributed by atoms with Gasteiger partial charge >= 0.3 is 0 Å². The number of methoxy groups -OCH3 is 2. The number of hydrogen-bond acceptors (Lipinski definition) is 10. The third kappa shape index (κ3) is 7.78. The molecule has 12 rings (SSSR count). The number of ether oxygens (including phenoxy) is 4. The molecule has 0 aliphatic carbocycles. The summed E-state index contributed by atoms with van der Waals surface area (Å²) < 4.78 is 27.0. The van der Waals surface area contributed by atoms with Crippen LogP contribution in [-0.4, -0.2) is 82.2 Å². The minimum absolute atomic E-state index is 0.0714. The fraction of sp³-hybridized carbons (Fsp3) is 0.407. The van der Waals surface area contributed by atoms with E-state index in [-0.39, 0.29) is 12.1 Å². The Kier molecular flexibility index (Phi) is 11.4. The van der Waals surface area contributed by atoms with Crippen LogP contribution in [-0.2, 0) is 5.41 Å². The average Bonchev–Trinajstić information content (AvgIpc) is 3.34. The molecule has 10 nitrogen and oxygen atoms in total. The lowest BCUT2D eigenvalue weighted by molar-refractivity contribution is -0.0390. The van der Waals surface area contributed by atoms with Crippen LogP contribution < -0.4 is 18.9 Å². The van der Waals surface area contributed by atoms with Crippen LogP contribution in [0.2, 0.25) is 0 Å². The third-order valence-corrected chi connectivity index (χ3v) is 14.6. The van der Waals surface area contributed by atoms with Gasteiger partial charge in [-0.1, -0.05) is 63.3 Å². The van der Waals surface area contributed by atoms with E-state index in [0.29, 0.717) is 41.3 Å². The van der Waals surface area contributed by atoms with Gasteiger partial charge in [-0.05, 0) is 117 Å². The lowest BCUT2D eigenvalue weighted by atomic mass is 9.73. The Morgan fingerprint density at radius 3 is 1.55 bits per heavy atom. The van der Waals surface area contributed by atoms with Crippen LogP contribution in [0.3, 0.4) is 0 Å². The monoisotopic (exact) mass is 856 g/mol. The highest BCUT2D eigenvalue weighted by Gasteiger charge is 2.46. The highest BCUT2D eigenvalue weighted by molar-refractivity contribution is 5.85. The van der Waals surface area contributed by atoms with Crippen LogP contribution in [0.1, 0.15) is 75.6 Å². The van der Waals surface area contributed by atoms with Crippen LogP contribution in [0, 0.1) is 23.7 Å². The fourth-order valence-corrected chi connectivity index (χ4v) is 11.1. The number of aromatic nitrogens is 4. The van der Waals surface area contributed by atoms with Gasteiger partial charge in [0.05, 0.1) is 37.3 Å². The zero-order valence-corrected chi connectivity index (χ0v) is 37.8.